The van der Waals surface area contributed by atoms with Crippen LogP contribution in [-0.2, 0) is 0 Å². The molecule has 0 saturated carbocycles. The summed E-state index contributed by atoms with van der Waals surface area (Å²) in [5, 5.41) is 21.6. The summed E-state index contributed by atoms with van der Waals surface area (Å²) in [5.74, 6) is 0. The second-order valence-corrected chi connectivity index (χ2v) is 7.64. The van der Waals surface area contributed by atoms with E-state index in [1.165, 1.54) is 89.9 Å². The van der Waals surface area contributed by atoms with Crippen LogP contribution in [0.4, 0.5) is 0 Å². The van der Waals surface area contributed by atoms with Crippen molar-refractivity contribution >= 4 is 0 Å². The first-order valence-corrected chi connectivity index (χ1v) is 11.3. The zero-order valence-corrected chi connectivity index (χ0v) is 17.1. The molecule has 25 heavy (non-hydrogen) atoms. The summed E-state index contributed by atoms with van der Waals surface area (Å²) >= 11 is 0. The standard InChI is InChI=1S/C22H47NO2/c1-2-3-4-5-6-7-8-9-10-11-12-13-14-15-16-19-22(25)23-20-17-18-21-24/h22-25H,2-21H2,1H3. The summed E-state index contributed by atoms with van der Waals surface area (Å²) < 4.78 is 0. The molecule has 3 heteroatoms. The lowest BCUT2D eigenvalue weighted by atomic mass is 10.0. The van der Waals surface area contributed by atoms with E-state index < -0.39 is 0 Å². The van der Waals surface area contributed by atoms with E-state index in [0.717, 1.165) is 32.2 Å². The maximum Gasteiger partial charge on any atom is 0.104 e. The van der Waals surface area contributed by atoms with Crippen molar-refractivity contribution in [2.24, 2.45) is 0 Å². The predicted molar refractivity (Wildman–Crippen MR) is 110 cm³/mol. The van der Waals surface area contributed by atoms with Gasteiger partial charge in [-0.1, -0.05) is 96.8 Å². The minimum absolute atomic E-state index is 0.247. The average Bonchev–Trinajstić information content (AvgIpc) is 2.62. The van der Waals surface area contributed by atoms with Crippen LogP contribution in [0, 0.1) is 0 Å². The number of hydrogen-bond acceptors (Lipinski definition) is 3. The van der Waals surface area contributed by atoms with Crippen LogP contribution in [0.1, 0.15) is 122 Å². The largest absolute Gasteiger partial charge is 0.396 e. The van der Waals surface area contributed by atoms with Gasteiger partial charge in [-0.25, -0.2) is 0 Å². The van der Waals surface area contributed by atoms with Gasteiger partial charge in [0.2, 0.25) is 0 Å². The minimum Gasteiger partial charge on any atom is -0.396 e. The quantitative estimate of drug-likeness (QED) is 0.176. The molecule has 0 aliphatic rings. The van der Waals surface area contributed by atoms with E-state index in [9.17, 15) is 5.11 Å². The summed E-state index contributed by atoms with van der Waals surface area (Å²) in [4.78, 5) is 0. The summed E-state index contributed by atoms with van der Waals surface area (Å²) in [5.41, 5.74) is 0. The average molecular weight is 358 g/mol. The fourth-order valence-corrected chi connectivity index (χ4v) is 3.32. The molecule has 0 spiro atoms. The first kappa shape index (κ1) is 24.9. The Bertz CT molecular complexity index is 236. The third kappa shape index (κ3) is 21.8. The van der Waals surface area contributed by atoms with Crippen molar-refractivity contribution in [3.63, 3.8) is 0 Å². The second-order valence-electron chi connectivity index (χ2n) is 7.64. The highest BCUT2D eigenvalue weighted by molar-refractivity contribution is 4.55. The van der Waals surface area contributed by atoms with E-state index in [0.29, 0.717) is 0 Å². The van der Waals surface area contributed by atoms with E-state index in [2.05, 4.69) is 12.2 Å². The molecule has 0 aromatic heterocycles. The van der Waals surface area contributed by atoms with Crippen molar-refractivity contribution in [1.29, 1.82) is 0 Å². The van der Waals surface area contributed by atoms with E-state index in [4.69, 9.17) is 5.11 Å². The van der Waals surface area contributed by atoms with Gasteiger partial charge < -0.3 is 10.2 Å². The molecule has 0 amide bonds. The molecule has 0 aromatic carbocycles. The van der Waals surface area contributed by atoms with Crippen molar-refractivity contribution in [2.45, 2.75) is 129 Å². The van der Waals surface area contributed by atoms with Gasteiger partial charge in [0.1, 0.15) is 6.23 Å². The summed E-state index contributed by atoms with van der Waals surface area (Å²) in [6, 6.07) is 0. The third-order valence-corrected chi connectivity index (χ3v) is 5.05. The van der Waals surface area contributed by atoms with Gasteiger partial charge in [0.05, 0.1) is 0 Å². The fourth-order valence-electron chi connectivity index (χ4n) is 3.32. The lowest BCUT2D eigenvalue weighted by molar-refractivity contribution is 0.123. The molecule has 0 radical (unpaired) electrons. The lowest BCUT2D eigenvalue weighted by Crippen LogP contribution is -2.29. The minimum atomic E-state index is -0.360. The van der Waals surface area contributed by atoms with Crippen LogP contribution in [0.5, 0.6) is 0 Å². The third-order valence-electron chi connectivity index (χ3n) is 5.05. The molecule has 0 aliphatic carbocycles. The number of nitrogens with one attached hydrogen (secondary N) is 1. The van der Waals surface area contributed by atoms with Gasteiger partial charge in [0, 0.05) is 6.61 Å². The van der Waals surface area contributed by atoms with Crippen LogP contribution in [0.2, 0.25) is 0 Å². The molecule has 0 saturated heterocycles. The highest BCUT2D eigenvalue weighted by Gasteiger charge is 2.02. The fraction of sp³-hybridized carbons (Fsp3) is 1.00. The lowest BCUT2D eigenvalue weighted by Gasteiger charge is -2.12. The normalized spacial score (nSPS) is 12.6. The molecule has 1 atom stereocenters. The highest BCUT2D eigenvalue weighted by atomic mass is 16.3. The van der Waals surface area contributed by atoms with Gasteiger partial charge in [-0.3, -0.25) is 5.32 Å². The van der Waals surface area contributed by atoms with Crippen LogP contribution in [0.3, 0.4) is 0 Å². The Morgan fingerprint density at radius 2 is 1.04 bits per heavy atom. The zero-order chi connectivity index (χ0) is 18.4. The van der Waals surface area contributed by atoms with E-state index in [1.54, 1.807) is 0 Å². The molecule has 0 heterocycles. The first-order chi connectivity index (χ1) is 12.3. The number of hydrogen-bond donors (Lipinski definition) is 3. The monoisotopic (exact) mass is 357 g/mol. The van der Waals surface area contributed by atoms with Crippen molar-refractivity contribution in [2.75, 3.05) is 13.2 Å². The molecular weight excluding hydrogens is 310 g/mol. The van der Waals surface area contributed by atoms with E-state index >= 15 is 0 Å². The summed E-state index contributed by atoms with van der Waals surface area (Å²) in [6.45, 7) is 3.33. The Morgan fingerprint density at radius 1 is 0.600 bits per heavy atom. The van der Waals surface area contributed by atoms with E-state index in [1.807, 2.05) is 0 Å². The Balaban J connectivity index is 3.06. The second kappa shape index (κ2) is 21.9. The topological polar surface area (TPSA) is 52.5 Å². The molecule has 3 nitrogen and oxygen atoms in total. The molecule has 0 aromatic rings. The van der Waals surface area contributed by atoms with Crippen LogP contribution in [0.25, 0.3) is 0 Å². The molecule has 152 valence electrons. The van der Waals surface area contributed by atoms with Gasteiger partial charge in [-0.15, -0.1) is 0 Å². The maximum atomic E-state index is 9.78. The Hall–Kier alpha value is -0.120. The molecule has 0 rings (SSSR count). The molecule has 0 aliphatic heterocycles. The Kier molecular flexibility index (Phi) is 21.8. The molecule has 1 unspecified atom stereocenters. The molecule has 0 fully saturated rings. The van der Waals surface area contributed by atoms with Gasteiger partial charge in [0.15, 0.2) is 0 Å². The molecule has 0 bridgehead atoms. The van der Waals surface area contributed by atoms with Gasteiger partial charge in [-0.2, -0.15) is 0 Å². The summed E-state index contributed by atoms with van der Waals surface area (Å²) in [6.07, 6.45) is 22.9. The SMILES string of the molecule is CCCCCCCCCCCCCCCCCC(O)NCCCCO. The van der Waals surface area contributed by atoms with Gasteiger partial charge in [-0.05, 0) is 32.2 Å². The molecule has 3 N–H and O–H groups in total. The van der Waals surface area contributed by atoms with Crippen LogP contribution < -0.4 is 5.32 Å². The van der Waals surface area contributed by atoms with Crippen LogP contribution in [-0.4, -0.2) is 29.6 Å². The number of aliphatic hydroxyl groups excluding tert-OH is 2. The summed E-state index contributed by atoms with van der Waals surface area (Å²) in [7, 11) is 0. The van der Waals surface area contributed by atoms with Crippen molar-refractivity contribution in [3.8, 4) is 0 Å². The zero-order valence-electron chi connectivity index (χ0n) is 17.1. The number of unbranched alkanes of at least 4 members (excludes halogenated alkanes) is 15. The number of rotatable bonds is 21. The smallest absolute Gasteiger partial charge is 0.104 e. The van der Waals surface area contributed by atoms with Crippen molar-refractivity contribution < 1.29 is 10.2 Å². The Labute approximate surface area is 158 Å². The van der Waals surface area contributed by atoms with E-state index in [-0.39, 0.29) is 12.8 Å². The maximum absolute atomic E-state index is 9.78. The number of aliphatic hydroxyl groups is 2. The predicted octanol–water partition coefficient (Wildman–Crippen LogP) is 5.93. The molecular formula is C22H47NO2. The Morgan fingerprint density at radius 3 is 1.48 bits per heavy atom. The van der Waals surface area contributed by atoms with Crippen LogP contribution >= 0.6 is 0 Å². The van der Waals surface area contributed by atoms with Crippen molar-refractivity contribution in [1.82, 2.24) is 5.32 Å². The van der Waals surface area contributed by atoms with Crippen molar-refractivity contribution in [3.05, 3.63) is 0 Å². The highest BCUT2D eigenvalue weighted by Crippen LogP contribution is 2.13. The van der Waals surface area contributed by atoms with Gasteiger partial charge in [0.25, 0.3) is 0 Å². The first-order valence-electron chi connectivity index (χ1n) is 11.3. The van der Waals surface area contributed by atoms with Crippen LogP contribution in [0.15, 0.2) is 0 Å². The van der Waals surface area contributed by atoms with Gasteiger partial charge >= 0.3 is 0 Å².